The zero-order valence-electron chi connectivity index (χ0n) is 10.3. The predicted octanol–water partition coefficient (Wildman–Crippen LogP) is 2.00. The fourth-order valence-electron chi connectivity index (χ4n) is 1.34. The molecule has 0 radical (unpaired) electrons. The van der Waals surface area contributed by atoms with Crippen molar-refractivity contribution < 1.29 is 19.8 Å². The summed E-state index contributed by atoms with van der Waals surface area (Å²) >= 11 is 17.3. The molecule has 3 N–H and O–H groups in total. The zero-order chi connectivity index (χ0) is 15.5. The summed E-state index contributed by atoms with van der Waals surface area (Å²) in [6, 6.07) is 0. The number of rotatable bonds is 5. The van der Waals surface area contributed by atoms with Crippen LogP contribution in [0.1, 0.15) is 23.8 Å². The van der Waals surface area contributed by atoms with Gasteiger partial charge in [0.25, 0.3) is 5.91 Å². The number of carboxylic acids is 1. The van der Waals surface area contributed by atoms with Crippen LogP contribution in [-0.2, 0) is 4.79 Å². The molecule has 0 bridgehead atoms. The number of carboxylic acid groups (broad SMARTS) is 1. The molecule has 0 fully saturated rings. The van der Waals surface area contributed by atoms with Crippen molar-refractivity contribution in [3.8, 4) is 0 Å². The fraction of sp³-hybridized carbons (Fsp3) is 0.364. The van der Waals surface area contributed by atoms with Crippen LogP contribution in [0.3, 0.4) is 0 Å². The third kappa shape index (κ3) is 4.49. The summed E-state index contributed by atoms with van der Waals surface area (Å²) in [5.74, 6) is -1.88. The average molecular weight is 342 g/mol. The van der Waals surface area contributed by atoms with Crippen molar-refractivity contribution in [2.24, 2.45) is 0 Å². The van der Waals surface area contributed by atoms with E-state index in [1.807, 2.05) is 0 Å². The molecule has 1 aromatic rings. The Balaban J connectivity index is 2.78. The quantitative estimate of drug-likeness (QED) is 0.760. The lowest BCUT2D eigenvalue weighted by atomic mass is 10.0. The monoisotopic (exact) mass is 340 g/mol. The SMILES string of the molecule is CC(O)(CNC(=O)c1ncc(Cl)c(Cl)c1Cl)CC(=O)O. The van der Waals surface area contributed by atoms with Gasteiger partial charge in [0.1, 0.15) is 5.69 Å². The van der Waals surface area contributed by atoms with Gasteiger partial charge in [-0.25, -0.2) is 4.98 Å². The molecule has 0 spiro atoms. The van der Waals surface area contributed by atoms with Gasteiger partial charge in [-0.3, -0.25) is 9.59 Å². The highest BCUT2D eigenvalue weighted by atomic mass is 35.5. The maximum Gasteiger partial charge on any atom is 0.306 e. The number of halogens is 3. The molecule has 20 heavy (non-hydrogen) atoms. The van der Waals surface area contributed by atoms with E-state index in [1.165, 1.54) is 13.1 Å². The van der Waals surface area contributed by atoms with Crippen molar-refractivity contribution >= 4 is 46.7 Å². The molecule has 110 valence electrons. The van der Waals surface area contributed by atoms with E-state index < -0.39 is 23.9 Å². The minimum absolute atomic E-state index is 0.00854. The molecule has 1 amide bonds. The number of aromatic nitrogens is 1. The summed E-state index contributed by atoms with van der Waals surface area (Å²) in [7, 11) is 0. The Bertz CT molecular complexity index is 549. The molecule has 1 unspecified atom stereocenters. The van der Waals surface area contributed by atoms with E-state index in [2.05, 4.69) is 10.3 Å². The van der Waals surface area contributed by atoms with Gasteiger partial charge in [0.15, 0.2) is 0 Å². The predicted molar refractivity (Wildman–Crippen MR) is 74.5 cm³/mol. The van der Waals surface area contributed by atoms with E-state index in [0.717, 1.165) is 0 Å². The van der Waals surface area contributed by atoms with Gasteiger partial charge < -0.3 is 15.5 Å². The molecule has 6 nitrogen and oxygen atoms in total. The summed E-state index contributed by atoms with van der Waals surface area (Å²) in [5.41, 5.74) is -1.75. The van der Waals surface area contributed by atoms with Gasteiger partial charge in [-0.05, 0) is 6.92 Å². The topological polar surface area (TPSA) is 99.5 Å². The van der Waals surface area contributed by atoms with Gasteiger partial charge >= 0.3 is 5.97 Å². The molecule has 0 aromatic carbocycles. The minimum Gasteiger partial charge on any atom is -0.481 e. The second kappa shape index (κ2) is 6.58. The van der Waals surface area contributed by atoms with Crippen LogP contribution in [0, 0.1) is 0 Å². The molecular weight excluding hydrogens is 330 g/mol. The lowest BCUT2D eigenvalue weighted by Crippen LogP contribution is -2.42. The Morgan fingerprint density at radius 2 is 1.95 bits per heavy atom. The first kappa shape index (κ1) is 17.0. The first-order valence-electron chi connectivity index (χ1n) is 5.36. The van der Waals surface area contributed by atoms with Gasteiger partial charge in [0, 0.05) is 12.7 Å². The number of aliphatic carboxylic acids is 1. The standard InChI is InChI=1S/C11H11Cl3N2O4/c1-11(20,2-6(17)18)4-16-10(19)9-8(14)7(13)5(12)3-15-9/h3,20H,2,4H2,1H3,(H,16,19)(H,17,18). The summed E-state index contributed by atoms with van der Waals surface area (Å²) < 4.78 is 0. The van der Waals surface area contributed by atoms with Crippen molar-refractivity contribution in [3.05, 3.63) is 27.0 Å². The average Bonchev–Trinajstić information content (AvgIpc) is 2.32. The number of carbonyl (C=O) groups is 2. The Kier molecular flexibility index (Phi) is 5.59. The largest absolute Gasteiger partial charge is 0.481 e. The molecular formula is C11H11Cl3N2O4. The van der Waals surface area contributed by atoms with Gasteiger partial charge in [-0.1, -0.05) is 34.8 Å². The number of carbonyl (C=O) groups excluding carboxylic acids is 1. The Labute approximate surface area is 129 Å². The second-order valence-electron chi connectivity index (χ2n) is 4.33. The van der Waals surface area contributed by atoms with Crippen molar-refractivity contribution in [1.29, 1.82) is 0 Å². The Morgan fingerprint density at radius 3 is 2.50 bits per heavy atom. The van der Waals surface area contributed by atoms with Crippen LogP contribution in [-0.4, -0.2) is 39.2 Å². The summed E-state index contributed by atoms with van der Waals surface area (Å²) in [5, 5.41) is 20.7. The lowest BCUT2D eigenvalue weighted by molar-refractivity contribution is -0.141. The van der Waals surface area contributed by atoms with Crippen molar-refractivity contribution in [1.82, 2.24) is 10.3 Å². The van der Waals surface area contributed by atoms with Crippen LogP contribution in [0.2, 0.25) is 15.1 Å². The first-order valence-corrected chi connectivity index (χ1v) is 6.49. The number of pyridine rings is 1. The highest BCUT2D eigenvalue weighted by molar-refractivity contribution is 6.48. The van der Waals surface area contributed by atoms with Crippen LogP contribution in [0.15, 0.2) is 6.20 Å². The maximum atomic E-state index is 11.8. The molecule has 0 saturated heterocycles. The lowest BCUT2D eigenvalue weighted by Gasteiger charge is -2.21. The number of aliphatic hydroxyl groups is 1. The summed E-state index contributed by atoms with van der Waals surface area (Å²) in [4.78, 5) is 26.1. The molecule has 1 aromatic heterocycles. The number of nitrogens with zero attached hydrogens (tertiary/aromatic N) is 1. The zero-order valence-corrected chi connectivity index (χ0v) is 12.6. The normalized spacial score (nSPS) is 13.7. The fourth-order valence-corrected chi connectivity index (χ4v) is 1.91. The molecule has 1 atom stereocenters. The first-order chi connectivity index (χ1) is 9.14. The van der Waals surface area contributed by atoms with Crippen LogP contribution >= 0.6 is 34.8 Å². The van der Waals surface area contributed by atoms with Gasteiger partial charge in [0.05, 0.1) is 27.1 Å². The van der Waals surface area contributed by atoms with E-state index in [-0.39, 0.29) is 27.3 Å². The molecule has 0 aliphatic heterocycles. The van der Waals surface area contributed by atoms with Crippen LogP contribution in [0.4, 0.5) is 0 Å². The summed E-state index contributed by atoms with van der Waals surface area (Å²) in [6.45, 7) is 1.00. The van der Waals surface area contributed by atoms with Crippen LogP contribution in [0.5, 0.6) is 0 Å². The summed E-state index contributed by atoms with van der Waals surface area (Å²) in [6.07, 6.45) is 0.649. The van der Waals surface area contributed by atoms with E-state index in [1.54, 1.807) is 0 Å². The van der Waals surface area contributed by atoms with Gasteiger partial charge in [-0.2, -0.15) is 0 Å². The highest BCUT2D eigenvalue weighted by Crippen LogP contribution is 2.30. The number of hydrogen-bond donors (Lipinski definition) is 3. The molecule has 0 saturated carbocycles. The Morgan fingerprint density at radius 1 is 1.35 bits per heavy atom. The minimum atomic E-state index is -1.59. The van der Waals surface area contributed by atoms with E-state index in [4.69, 9.17) is 39.9 Å². The van der Waals surface area contributed by atoms with E-state index in [9.17, 15) is 14.7 Å². The number of hydrogen-bond acceptors (Lipinski definition) is 4. The molecule has 0 aliphatic rings. The molecule has 1 heterocycles. The second-order valence-corrected chi connectivity index (χ2v) is 5.50. The molecule has 0 aliphatic carbocycles. The van der Waals surface area contributed by atoms with Gasteiger partial charge in [-0.15, -0.1) is 0 Å². The third-order valence-corrected chi connectivity index (χ3v) is 3.53. The van der Waals surface area contributed by atoms with Crippen LogP contribution < -0.4 is 5.32 Å². The van der Waals surface area contributed by atoms with E-state index in [0.29, 0.717) is 0 Å². The van der Waals surface area contributed by atoms with Crippen LogP contribution in [0.25, 0.3) is 0 Å². The number of nitrogens with one attached hydrogen (secondary N) is 1. The van der Waals surface area contributed by atoms with Gasteiger partial charge in [0.2, 0.25) is 0 Å². The highest BCUT2D eigenvalue weighted by Gasteiger charge is 2.26. The molecule has 1 rings (SSSR count). The third-order valence-electron chi connectivity index (χ3n) is 2.29. The van der Waals surface area contributed by atoms with E-state index >= 15 is 0 Å². The Hall–Kier alpha value is -1.08. The maximum absolute atomic E-state index is 11.8. The van der Waals surface area contributed by atoms with Crippen molar-refractivity contribution in [2.45, 2.75) is 18.9 Å². The van der Waals surface area contributed by atoms with Crippen molar-refractivity contribution in [2.75, 3.05) is 6.54 Å². The number of amides is 1. The molecule has 9 heteroatoms. The smallest absolute Gasteiger partial charge is 0.306 e. The van der Waals surface area contributed by atoms with Crippen molar-refractivity contribution in [3.63, 3.8) is 0 Å².